The topological polar surface area (TPSA) is 33.6 Å². The monoisotopic (exact) mass is 309 g/mol. The van der Waals surface area contributed by atoms with Crippen molar-refractivity contribution in [3.8, 4) is 5.69 Å². The molecule has 1 aromatic carbocycles. The van der Waals surface area contributed by atoms with Crippen molar-refractivity contribution in [2.75, 3.05) is 0 Å². The van der Waals surface area contributed by atoms with Gasteiger partial charge in [-0.15, -0.1) is 11.3 Å². The zero-order valence-corrected chi connectivity index (χ0v) is 11.8. The van der Waals surface area contributed by atoms with Crippen molar-refractivity contribution in [3.05, 3.63) is 62.8 Å². The number of nitrogens with zero attached hydrogens (tertiary/aromatic N) is 2. The Morgan fingerprint density at radius 2 is 2.15 bits per heavy atom. The molecule has 3 nitrogen and oxygen atoms in total. The van der Waals surface area contributed by atoms with Crippen molar-refractivity contribution in [3.63, 3.8) is 0 Å². The van der Waals surface area contributed by atoms with Gasteiger partial charge in [-0.1, -0.05) is 6.07 Å². The van der Waals surface area contributed by atoms with Gasteiger partial charge in [0.25, 0.3) is 0 Å². The number of aromatic amines is 1. The van der Waals surface area contributed by atoms with E-state index in [9.17, 15) is 8.78 Å². The minimum absolute atomic E-state index is 0.191. The fourth-order valence-corrected chi connectivity index (χ4v) is 2.88. The Hall–Kier alpha value is -1.86. The Morgan fingerprint density at radius 1 is 1.30 bits per heavy atom. The first kappa shape index (κ1) is 13.1. The molecule has 0 saturated carbocycles. The Kier molecular flexibility index (Phi) is 3.45. The van der Waals surface area contributed by atoms with Crippen LogP contribution in [0.15, 0.2) is 35.7 Å². The number of H-pyrrole nitrogens is 1. The summed E-state index contributed by atoms with van der Waals surface area (Å²) in [7, 11) is 0. The van der Waals surface area contributed by atoms with Crippen LogP contribution in [0.5, 0.6) is 0 Å². The summed E-state index contributed by atoms with van der Waals surface area (Å²) < 4.78 is 28.7. The number of hydrogen-bond acceptors (Lipinski definition) is 3. The number of nitrogens with one attached hydrogen (secondary N) is 1. The quantitative estimate of drug-likeness (QED) is 0.745. The van der Waals surface area contributed by atoms with Crippen LogP contribution in [0.3, 0.4) is 0 Å². The summed E-state index contributed by atoms with van der Waals surface area (Å²) in [4.78, 5) is 1.09. The standard InChI is InChI=1S/C13H9F2N3S2/c14-8-3-4-11(10(15)6-8)18-12(16-17-13(18)19)7-9-2-1-5-20-9/h1-6H,7H2,(H,17,19). The normalized spacial score (nSPS) is 10.9. The molecule has 7 heteroatoms. The maximum absolute atomic E-state index is 13.9. The van der Waals surface area contributed by atoms with Crippen LogP contribution in [0, 0.1) is 16.4 Å². The first-order valence-corrected chi connectivity index (χ1v) is 7.08. The van der Waals surface area contributed by atoms with Crippen LogP contribution in [0.25, 0.3) is 5.69 Å². The molecule has 2 aromatic heterocycles. The molecular formula is C13H9F2N3S2. The van der Waals surface area contributed by atoms with Crippen LogP contribution in [0.4, 0.5) is 8.78 Å². The fraction of sp³-hybridized carbons (Fsp3) is 0.0769. The Balaban J connectivity index is 2.09. The van der Waals surface area contributed by atoms with E-state index in [0.29, 0.717) is 12.2 Å². The molecule has 0 aliphatic carbocycles. The molecule has 1 N–H and O–H groups in total. The van der Waals surface area contributed by atoms with Crippen LogP contribution in [0.1, 0.15) is 10.7 Å². The molecule has 3 rings (SSSR count). The number of rotatable bonds is 3. The second-order valence-corrected chi connectivity index (χ2v) is 5.55. The Bertz CT molecular complexity index is 790. The van der Waals surface area contributed by atoms with Gasteiger partial charge in [-0.05, 0) is 35.8 Å². The minimum Gasteiger partial charge on any atom is -0.269 e. The molecule has 0 spiro atoms. The highest BCUT2D eigenvalue weighted by Crippen LogP contribution is 2.20. The Labute approximate surface area is 122 Å². The molecule has 0 aliphatic heterocycles. The van der Waals surface area contributed by atoms with Crippen LogP contribution in [-0.2, 0) is 6.42 Å². The summed E-state index contributed by atoms with van der Waals surface area (Å²) >= 11 is 6.71. The maximum Gasteiger partial charge on any atom is 0.199 e. The largest absolute Gasteiger partial charge is 0.269 e. The highest BCUT2D eigenvalue weighted by atomic mass is 32.1. The molecule has 0 saturated heterocycles. The molecule has 0 radical (unpaired) electrons. The van der Waals surface area contributed by atoms with Crippen molar-refractivity contribution >= 4 is 23.6 Å². The van der Waals surface area contributed by atoms with Gasteiger partial charge in [0.1, 0.15) is 17.5 Å². The lowest BCUT2D eigenvalue weighted by atomic mass is 10.2. The highest BCUT2D eigenvalue weighted by molar-refractivity contribution is 7.71. The summed E-state index contributed by atoms with van der Waals surface area (Å²) in [5, 5.41) is 8.73. The first-order chi connectivity index (χ1) is 9.65. The molecular weight excluding hydrogens is 300 g/mol. The third-order valence-corrected chi connectivity index (χ3v) is 3.96. The molecule has 0 atom stereocenters. The van der Waals surface area contributed by atoms with Gasteiger partial charge < -0.3 is 0 Å². The first-order valence-electron chi connectivity index (χ1n) is 5.79. The van der Waals surface area contributed by atoms with E-state index in [1.54, 1.807) is 11.3 Å². The molecule has 0 unspecified atom stereocenters. The second-order valence-electron chi connectivity index (χ2n) is 4.13. The molecule has 0 bridgehead atoms. The minimum atomic E-state index is -0.671. The average molecular weight is 309 g/mol. The van der Waals surface area contributed by atoms with Crippen LogP contribution in [-0.4, -0.2) is 14.8 Å². The van der Waals surface area contributed by atoms with Gasteiger partial charge in [0, 0.05) is 17.4 Å². The molecule has 2 heterocycles. The molecule has 0 fully saturated rings. The number of hydrogen-bond donors (Lipinski definition) is 1. The van der Waals surface area contributed by atoms with Gasteiger partial charge in [-0.2, -0.15) is 5.10 Å². The van der Waals surface area contributed by atoms with Crippen molar-refractivity contribution < 1.29 is 8.78 Å². The van der Waals surface area contributed by atoms with Crippen LogP contribution in [0.2, 0.25) is 0 Å². The average Bonchev–Trinajstić information content (AvgIpc) is 3.02. The van der Waals surface area contributed by atoms with Crippen molar-refractivity contribution in [2.24, 2.45) is 0 Å². The zero-order chi connectivity index (χ0) is 14.1. The van der Waals surface area contributed by atoms with E-state index in [4.69, 9.17) is 12.2 Å². The second kappa shape index (κ2) is 5.26. The van der Waals surface area contributed by atoms with Gasteiger partial charge >= 0.3 is 0 Å². The fourth-order valence-electron chi connectivity index (χ4n) is 1.93. The zero-order valence-electron chi connectivity index (χ0n) is 10.1. The van der Waals surface area contributed by atoms with Crippen molar-refractivity contribution in [2.45, 2.75) is 6.42 Å². The smallest absolute Gasteiger partial charge is 0.199 e. The van der Waals surface area contributed by atoms with Crippen molar-refractivity contribution in [1.29, 1.82) is 0 Å². The summed E-state index contributed by atoms with van der Waals surface area (Å²) in [5.74, 6) is -0.709. The van der Waals surface area contributed by atoms with E-state index < -0.39 is 11.6 Å². The lowest BCUT2D eigenvalue weighted by Gasteiger charge is -2.07. The third kappa shape index (κ3) is 2.41. The van der Waals surface area contributed by atoms with E-state index in [2.05, 4.69) is 10.2 Å². The molecule has 102 valence electrons. The van der Waals surface area contributed by atoms with Gasteiger partial charge in [0.15, 0.2) is 4.77 Å². The number of thiophene rings is 1. The predicted octanol–water partition coefficient (Wildman–Crippen LogP) is 3.86. The summed E-state index contributed by atoms with van der Waals surface area (Å²) in [6.45, 7) is 0. The van der Waals surface area contributed by atoms with E-state index >= 15 is 0 Å². The third-order valence-electron chi connectivity index (χ3n) is 2.80. The van der Waals surface area contributed by atoms with Gasteiger partial charge in [-0.3, -0.25) is 9.67 Å². The predicted molar refractivity (Wildman–Crippen MR) is 75.8 cm³/mol. The summed E-state index contributed by atoms with van der Waals surface area (Å²) in [6, 6.07) is 7.28. The summed E-state index contributed by atoms with van der Waals surface area (Å²) in [6.07, 6.45) is 0.529. The van der Waals surface area contributed by atoms with E-state index in [1.165, 1.54) is 16.7 Å². The van der Waals surface area contributed by atoms with Gasteiger partial charge in [-0.25, -0.2) is 8.78 Å². The number of aromatic nitrogens is 3. The maximum atomic E-state index is 13.9. The van der Waals surface area contributed by atoms with Gasteiger partial charge in [0.2, 0.25) is 0 Å². The van der Waals surface area contributed by atoms with E-state index in [0.717, 1.165) is 10.9 Å². The molecule has 0 amide bonds. The molecule has 0 aliphatic rings. The molecule has 3 aromatic rings. The van der Waals surface area contributed by atoms with E-state index in [-0.39, 0.29) is 10.5 Å². The van der Waals surface area contributed by atoms with Crippen LogP contribution < -0.4 is 0 Å². The SMILES string of the molecule is Fc1ccc(-n2c(Cc3cccs3)n[nH]c2=S)c(F)c1. The van der Waals surface area contributed by atoms with Crippen LogP contribution >= 0.6 is 23.6 Å². The van der Waals surface area contributed by atoms with Crippen molar-refractivity contribution in [1.82, 2.24) is 14.8 Å². The lowest BCUT2D eigenvalue weighted by molar-refractivity contribution is 0.576. The Morgan fingerprint density at radius 3 is 2.85 bits per heavy atom. The van der Waals surface area contributed by atoms with Gasteiger partial charge in [0.05, 0.1) is 5.69 Å². The number of halogens is 2. The highest BCUT2D eigenvalue weighted by Gasteiger charge is 2.13. The summed E-state index contributed by atoms with van der Waals surface area (Å²) in [5.41, 5.74) is 0.191. The molecule has 20 heavy (non-hydrogen) atoms. The number of benzene rings is 1. The lowest BCUT2D eigenvalue weighted by Crippen LogP contribution is -2.04. The van der Waals surface area contributed by atoms with E-state index in [1.807, 2.05) is 17.5 Å².